The predicted octanol–water partition coefficient (Wildman–Crippen LogP) is 4.58. The van der Waals surface area contributed by atoms with Gasteiger partial charge in [0, 0.05) is 66.6 Å². The first-order valence-corrected chi connectivity index (χ1v) is 13.8. The summed E-state index contributed by atoms with van der Waals surface area (Å²) in [6.45, 7) is 7.90. The Kier molecular flexibility index (Phi) is 8.95. The summed E-state index contributed by atoms with van der Waals surface area (Å²) in [7, 11) is 3.98. The highest BCUT2D eigenvalue weighted by Crippen LogP contribution is 2.34. The number of benzene rings is 1. The van der Waals surface area contributed by atoms with Crippen molar-refractivity contribution >= 4 is 23.2 Å². The highest BCUT2D eigenvalue weighted by atomic mass is 35.5. The molecule has 0 atom stereocenters. The largest absolute Gasteiger partial charge is 0.369 e. The average molecular weight is 539 g/mol. The van der Waals surface area contributed by atoms with Crippen LogP contribution in [0.25, 0.3) is 0 Å². The van der Waals surface area contributed by atoms with Crippen LogP contribution in [0.5, 0.6) is 0 Å². The summed E-state index contributed by atoms with van der Waals surface area (Å²) in [6, 6.07) is 8.74. The van der Waals surface area contributed by atoms with Crippen molar-refractivity contribution in [3.63, 3.8) is 0 Å². The van der Waals surface area contributed by atoms with Gasteiger partial charge >= 0.3 is 0 Å². The van der Waals surface area contributed by atoms with Gasteiger partial charge in [0.05, 0.1) is 12.1 Å². The predicted molar refractivity (Wildman–Crippen MR) is 153 cm³/mol. The number of anilines is 1. The van der Waals surface area contributed by atoms with Crippen molar-refractivity contribution in [1.82, 2.24) is 25.0 Å². The fourth-order valence-electron chi connectivity index (χ4n) is 5.69. The second-order valence-corrected chi connectivity index (χ2v) is 10.8. The number of nitrogens with one attached hydrogen (secondary N) is 2. The van der Waals surface area contributed by atoms with Crippen LogP contribution in [0.1, 0.15) is 65.3 Å². The second kappa shape index (κ2) is 12.2. The summed E-state index contributed by atoms with van der Waals surface area (Å²) in [5.41, 5.74) is 4.86. The molecule has 204 valence electrons. The zero-order valence-electron chi connectivity index (χ0n) is 23.1. The van der Waals surface area contributed by atoms with E-state index in [1.54, 1.807) is 17.8 Å². The Morgan fingerprint density at radius 1 is 1.21 bits per heavy atom. The minimum Gasteiger partial charge on any atom is -0.369 e. The number of rotatable bonds is 9. The Balaban J connectivity index is 1.44. The van der Waals surface area contributed by atoms with Crippen LogP contribution in [0.2, 0.25) is 5.02 Å². The van der Waals surface area contributed by atoms with Gasteiger partial charge in [0.1, 0.15) is 0 Å². The summed E-state index contributed by atoms with van der Waals surface area (Å²) in [6.07, 6.45) is 8.16. The SMILES string of the molecule is CCN(c1cc(Cl)cc(C(=O)NCc2c(C)n(C)[nH]c2=O)c1C)C1CCC(N(C)Cc2cccnc2)CC1. The smallest absolute Gasteiger partial charge is 0.269 e. The number of aromatic amines is 1. The molecule has 0 bridgehead atoms. The third-order valence-corrected chi connectivity index (χ3v) is 8.25. The van der Waals surface area contributed by atoms with Crippen LogP contribution in [0.15, 0.2) is 41.5 Å². The van der Waals surface area contributed by atoms with Crippen LogP contribution >= 0.6 is 11.6 Å². The first-order valence-electron chi connectivity index (χ1n) is 13.4. The Hall–Kier alpha value is -3.10. The molecule has 1 saturated carbocycles. The van der Waals surface area contributed by atoms with E-state index in [1.807, 2.05) is 38.4 Å². The number of aromatic nitrogens is 3. The molecule has 1 aliphatic rings. The highest BCUT2D eigenvalue weighted by molar-refractivity contribution is 6.31. The molecule has 0 unspecified atom stereocenters. The Morgan fingerprint density at radius 2 is 1.92 bits per heavy atom. The quantitative estimate of drug-likeness (QED) is 0.416. The van der Waals surface area contributed by atoms with Crippen LogP contribution in [0.3, 0.4) is 0 Å². The first-order chi connectivity index (χ1) is 18.2. The first kappa shape index (κ1) is 27.9. The fraction of sp³-hybridized carbons (Fsp3) is 0.483. The van der Waals surface area contributed by atoms with Crippen LogP contribution in [-0.4, -0.2) is 51.2 Å². The fourth-order valence-corrected chi connectivity index (χ4v) is 5.90. The highest BCUT2D eigenvalue weighted by Gasteiger charge is 2.29. The lowest BCUT2D eigenvalue weighted by molar-refractivity contribution is 0.0950. The summed E-state index contributed by atoms with van der Waals surface area (Å²) in [4.78, 5) is 34.5. The molecule has 2 aromatic heterocycles. The molecule has 2 heterocycles. The van der Waals surface area contributed by atoms with E-state index in [0.717, 1.165) is 55.7 Å². The van der Waals surface area contributed by atoms with Gasteiger partial charge in [0.25, 0.3) is 11.5 Å². The van der Waals surface area contributed by atoms with E-state index < -0.39 is 0 Å². The van der Waals surface area contributed by atoms with E-state index >= 15 is 0 Å². The van der Waals surface area contributed by atoms with Gasteiger partial charge in [-0.2, -0.15) is 0 Å². The van der Waals surface area contributed by atoms with Gasteiger partial charge in [-0.05, 0) is 82.8 Å². The normalized spacial score (nSPS) is 17.6. The molecule has 38 heavy (non-hydrogen) atoms. The number of aryl methyl sites for hydroxylation is 1. The number of H-pyrrole nitrogens is 1. The van der Waals surface area contributed by atoms with E-state index in [0.29, 0.717) is 28.2 Å². The summed E-state index contributed by atoms with van der Waals surface area (Å²) in [5, 5.41) is 6.18. The zero-order valence-corrected chi connectivity index (χ0v) is 23.8. The van der Waals surface area contributed by atoms with E-state index in [1.165, 1.54) is 5.56 Å². The number of hydrogen-bond donors (Lipinski definition) is 2. The van der Waals surface area contributed by atoms with E-state index in [4.69, 9.17) is 11.6 Å². The molecule has 0 saturated heterocycles. The van der Waals surface area contributed by atoms with Crippen molar-refractivity contribution in [2.24, 2.45) is 7.05 Å². The lowest BCUT2D eigenvalue weighted by atomic mass is 9.88. The molecule has 1 fully saturated rings. The lowest BCUT2D eigenvalue weighted by Crippen LogP contribution is -2.43. The van der Waals surface area contributed by atoms with Crippen LogP contribution in [-0.2, 0) is 20.1 Å². The van der Waals surface area contributed by atoms with Gasteiger partial charge < -0.3 is 10.2 Å². The van der Waals surface area contributed by atoms with Crippen molar-refractivity contribution in [3.05, 3.63) is 80.0 Å². The van der Waals surface area contributed by atoms with E-state index in [9.17, 15) is 9.59 Å². The average Bonchev–Trinajstić information content (AvgIpc) is 3.15. The molecule has 2 N–H and O–H groups in total. The molecule has 4 rings (SSSR count). The molecule has 0 radical (unpaired) electrons. The summed E-state index contributed by atoms with van der Waals surface area (Å²) >= 11 is 6.54. The standard InChI is InChI=1S/C29H39ClN6O2/c1-6-36(24-11-9-23(10-12-24)34(4)18-21-8-7-13-31-16-21)27-15-22(30)14-25(19(27)2)28(37)32-17-26-20(3)35(5)33-29(26)38/h7-8,13-16,23-24H,6,9-12,17-18H2,1-5H3,(H,32,37)(H,33,38). The van der Waals surface area contributed by atoms with Gasteiger partial charge in [0.15, 0.2) is 0 Å². The molecule has 9 heteroatoms. The summed E-state index contributed by atoms with van der Waals surface area (Å²) in [5.74, 6) is -0.231. The molecular formula is C29H39ClN6O2. The van der Waals surface area contributed by atoms with Crippen molar-refractivity contribution in [3.8, 4) is 0 Å². The van der Waals surface area contributed by atoms with Gasteiger partial charge in [-0.3, -0.25) is 29.3 Å². The molecule has 1 amide bonds. The molecule has 0 spiro atoms. The Morgan fingerprint density at radius 3 is 2.53 bits per heavy atom. The number of carbonyl (C=O) groups excluding carboxylic acids is 1. The molecule has 1 aliphatic carbocycles. The van der Waals surface area contributed by atoms with Crippen molar-refractivity contribution in [2.75, 3.05) is 18.5 Å². The molecule has 8 nitrogen and oxygen atoms in total. The number of pyridine rings is 1. The van der Waals surface area contributed by atoms with Gasteiger partial charge in [-0.15, -0.1) is 0 Å². The van der Waals surface area contributed by atoms with Gasteiger partial charge in [-0.1, -0.05) is 17.7 Å². The summed E-state index contributed by atoms with van der Waals surface area (Å²) < 4.78 is 1.66. The minimum atomic E-state index is -0.231. The third-order valence-electron chi connectivity index (χ3n) is 8.03. The number of amides is 1. The van der Waals surface area contributed by atoms with Gasteiger partial charge in [-0.25, -0.2) is 0 Å². The van der Waals surface area contributed by atoms with Crippen molar-refractivity contribution in [1.29, 1.82) is 0 Å². The zero-order chi connectivity index (χ0) is 27.4. The maximum absolute atomic E-state index is 13.2. The number of nitrogens with zero attached hydrogens (tertiary/aromatic N) is 4. The van der Waals surface area contributed by atoms with Crippen molar-refractivity contribution in [2.45, 2.75) is 71.6 Å². The Bertz CT molecular complexity index is 1310. The van der Waals surface area contributed by atoms with Crippen LogP contribution in [0, 0.1) is 13.8 Å². The van der Waals surface area contributed by atoms with Crippen LogP contribution in [0.4, 0.5) is 5.69 Å². The second-order valence-electron chi connectivity index (χ2n) is 10.4. The maximum atomic E-state index is 13.2. The lowest BCUT2D eigenvalue weighted by Gasteiger charge is -2.41. The van der Waals surface area contributed by atoms with E-state index in [-0.39, 0.29) is 18.0 Å². The number of carbonyl (C=O) groups is 1. The van der Waals surface area contributed by atoms with Gasteiger partial charge in [0.2, 0.25) is 0 Å². The number of hydrogen-bond acceptors (Lipinski definition) is 5. The minimum absolute atomic E-state index is 0.163. The molecule has 0 aliphatic heterocycles. The van der Waals surface area contributed by atoms with E-state index in [2.05, 4.69) is 45.2 Å². The number of halogens is 1. The molecular weight excluding hydrogens is 500 g/mol. The third kappa shape index (κ3) is 6.13. The molecule has 1 aromatic carbocycles. The van der Waals surface area contributed by atoms with Crippen LogP contribution < -0.4 is 15.8 Å². The topological polar surface area (TPSA) is 86.3 Å². The maximum Gasteiger partial charge on any atom is 0.269 e. The van der Waals surface area contributed by atoms with Crippen molar-refractivity contribution < 1.29 is 4.79 Å². The monoisotopic (exact) mass is 538 g/mol. The molecule has 3 aromatic rings. The Labute approximate surface area is 230 Å².